The molecule has 2 aromatic rings. The van der Waals surface area contributed by atoms with E-state index in [0.717, 1.165) is 29.6 Å². The van der Waals surface area contributed by atoms with Crippen molar-refractivity contribution in [2.45, 2.75) is 38.3 Å². The highest BCUT2D eigenvalue weighted by molar-refractivity contribution is 7.71. The molecule has 1 aliphatic rings. The molecule has 1 aromatic heterocycles. The molecule has 0 radical (unpaired) electrons. The van der Waals surface area contributed by atoms with Crippen LogP contribution < -0.4 is 0 Å². The van der Waals surface area contributed by atoms with Gasteiger partial charge in [0.15, 0.2) is 4.77 Å². The lowest BCUT2D eigenvalue weighted by Crippen LogP contribution is -2.09. The number of nitrogens with zero attached hydrogens (tertiary/aromatic N) is 1. The van der Waals surface area contributed by atoms with E-state index in [1.807, 2.05) is 0 Å². The minimum Gasteiger partial charge on any atom is -0.381 e. The lowest BCUT2D eigenvalue weighted by molar-refractivity contribution is 0.106. The highest BCUT2D eigenvalue weighted by atomic mass is 32.1. The van der Waals surface area contributed by atoms with Gasteiger partial charge in [0.1, 0.15) is 0 Å². The fourth-order valence-electron chi connectivity index (χ4n) is 3.07. The maximum atomic E-state index is 5.49. The number of para-hydroxylation sites is 1. The maximum absolute atomic E-state index is 5.49. The first-order chi connectivity index (χ1) is 8.70. The quantitative estimate of drug-likeness (QED) is 0.835. The van der Waals surface area contributed by atoms with Crippen LogP contribution in [0.1, 0.15) is 30.9 Å². The number of rotatable bonds is 2. The molecular formula is C14H18N2OS. The van der Waals surface area contributed by atoms with Crippen molar-refractivity contribution in [3.8, 4) is 0 Å². The molecule has 18 heavy (non-hydrogen) atoms. The van der Waals surface area contributed by atoms with Crippen molar-refractivity contribution < 1.29 is 4.74 Å². The Balaban J connectivity index is 2.12. The standard InChI is InChI=1S/C14H18N2OS/c1-9-4-3-5-12-13(9)16(14(18)15-12)10-6-7-11(8-10)17-2/h3-5,10-11H,6-8H2,1-2H3,(H,15,18). The van der Waals surface area contributed by atoms with Crippen LogP contribution in [0.4, 0.5) is 0 Å². The number of imidazole rings is 1. The average Bonchev–Trinajstić information content (AvgIpc) is 2.92. The van der Waals surface area contributed by atoms with Crippen LogP contribution in [-0.4, -0.2) is 22.8 Å². The molecule has 3 rings (SSSR count). The van der Waals surface area contributed by atoms with E-state index in [4.69, 9.17) is 17.0 Å². The van der Waals surface area contributed by atoms with Gasteiger partial charge in [0.2, 0.25) is 0 Å². The third-order valence-corrected chi connectivity index (χ3v) is 4.29. The van der Waals surface area contributed by atoms with Gasteiger partial charge in [-0.1, -0.05) is 12.1 Å². The molecule has 1 fully saturated rings. The molecule has 2 unspecified atom stereocenters. The fourth-order valence-corrected chi connectivity index (χ4v) is 3.42. The van der Waals surface area contributed by atoms with Crippen LogP contribution in [0.2, 0.25) is 0 Å². The number of aromatic nitrogens is 2. The zero-order chi connectivity index (χ0) is 12.7. The average molecular weight is 262 g/mol. The van der Waals surface area contributed by atoms with Crippen molar-refractivity contribution >= 4 is 23.3 Å². The van der Waals surface area contributed by atoms with Crippen molar-refractivity contribution in [2.75, 3.05) is 7.11 Å². The molecule has 1 aliphatic carbocycles. The van der Waals surface area contributed by atoms with E-state index in [0.29, 0.717) is 12.1 Å². The third kappa shape index (κ3) is 1.80. The second-order valence-corrected chi connectivity index (χ2v) is 5.48. The number of fused-ring (bicyclic) bond motifs is 1. The molecule has 96 valence electrons. The summed E-state index contributed by atoms with van der Waals surface area (Å²) in [6.07, 6.45) is 3.72. The SMILES string of the molecule is COC1CCC(n2c(=S)[nH]c3cccc(C)c32)C1. The number of hydrogen-bond donors (Lipinski definition) is 1. The Hall–Kier alpha value is -1.13. The second-order valence-electron chi connectivity index (χ2n) is 5.10. The molecule has 0 bridgehead atoms. The molecule has 0 amide bonds. The number of nitrogens with one attached hydrogen (secondary N) is 1. The summed E-state index contributed by atoms with van der Waals surface area (Å²) in [6.45, 7) is 2.14. The van der Waals surface area contributed by atoms with Crippen molar-refractivity contribution in [1.82, 2.24) is 9.55 Å². The molecular weight excluding hydrogens is 244 g/mol. The normalized spacial score (nSPS) is 23.9. The highest BCUT2D eigenvalue weighted by Crippen LogP contribution is 2.35. The summed E-state index contributed by atoms with van der Waals surface area (Å²) in [4.78, 5) is 3.31. The molecule has 2 atom stereocenters. The summed E-state index contributed by atoms with van der Waals surface area (Å²) in [7, 11) is 1.80. The summed E-state index contributed by atoms with van der Waals surface area (Å²) in [5.41, 5.74) is 3.67. The number of aryl methyl sites for hydroxylation is 1. The third-order valence-electron chi connectivity index (χ3n) is 3.99. The van der Waals surface area contributed by atoms with Gasteiger partial charge in [-0.05, 0) is 50.0 Å². The van der Waals surface area contributed by atoms with Crippen molar-refractivity contribution in [2.24, 2.45) is 0 Å². The Morgan fingerprint density at radius 2 is 2.22 bits per heavy atom. The summed E-state index contributed by atoms with van der Waals surface area (Å²) < 4.78 is 8.59. The molecule has 4 heteroatoms. The summed E-state index contributed by atoms with van der Waals surface area (Å²) >= 11 is 5.49. The number of hydrogen-bond acceptors (Lipinski definition) is 2. The topological polar surface area (TPSA) is 29.9 Å². The Labute approximate surface area is 112 Å². The lowest BCUT2D eigenvalue weighted by Gasteiger charge is -2.14. The minimum absolute atomic E-state index is 0.380. The number of ether oxygens (including phenoxy) is 1. The molecule has 0 aliphatic heterocycles. The predicted octanol–water partition coefficient (Wildman–Crippen LogP) is 3.75. The van der Waals surface area contributed by atoms with E-state index in [9.17, 15) is 0 Å². The van der Waals surface area contributed by atoms with Crippen LogP contribution in [0.25, 0.3) is 11.0 Å². The van der Waals surface area contributed by atoms with Gasteiger partial charge < -0.3 is 14.3 Å². The van der Waals surface area contributed by atoms with Crippen molar-refractivity contribution in [3.63, 3.8) is 0 Å². The zero-order valence-corrected chi connectivity index (χ0v) is 11.6. The van der Waals surface area contributed by atoms with E-state index < -0.39 is 0 Å². The van der Waals surface area contributed by atoms with E-state index >= 15 is 0 Å². The van der Waals surface area contributed by atoms with E-state index in [2.05, 4.69) is 34.7 Å². The van der Waals surface area contributed by atoms with Gasteiger partial charge in [-0.2, -0.15) is 0 Å². The van der Waals surface area contributed by atoms with Gasteiger partial charge >= 0.3 is 0 Å². The van der Waals surface area contributed by atoms with Gasteiger partial charge in [0.05, 0.1) is 17.1 Å². The smallest absolute Gasteiger partial charge is 0.178 e. The predicted molar refractivity (Wildman–Crippen MR) is 75.5 cm³/mol. The first-order valence-corrected chi connectivity index (χ1v) is 6.84. The van der Waals surface area contributed by atoms with Crippen LogP contribution in [0.3, 0.4) is 0 Å². The number of methoxy groups -OCH3 is 1. The zero-order valence-electron chi connectivity index (χ0n) is 10.8. The molecule has 1 aromatic carbocycles. The molecule has 0 spiro atoms. The minimum atomic E-state index is 0.380. The summed E-state index contributed by atoms with van der Waals surface area (Å²) in [5.74, 6) is 0. The molecule has 3 nitrogen and oxygen atoms in total. The van der Waals surface area contributed by atoms with Crippen LogP contribution in [0.15, 0.2) is 18.2 Å². The van der Waals surface area contributed by atoms with E-state index in [-0.39, 0.29) is 0 Å². The number of benzene rings is 1. The molecule has 1 N–H and O–H groups in total. The summed E-state index contributed by atoms with van der Waals surface area (Å²) in [5, 5.41) is 0. The van der Waals surface area contributed by atoms with E-state index in [1.165, 1.54) is 11.1 Å². The molecule has 1 heterocycles. The van der Waals surface area contributed by atoms with Crippen LogP contribution in [0, 0.1) is 11.7 Å². The lowest BCUT2D eigenvalue weighted by atomic mass is 10.2. The summed E-state index contributed by atoms with van der Waals surface area (Å²) in [6, 6.07) is 6.78. The largest absolute Gasteiger partial charge is 0.381 e. The number of H-pyrrole nitrogens is 1. The maximum Gasteiger partial charge on any atom is 0.178 e. The van der Waals surface area contributed by atoms with Crippen LogP contribution >= 0.6 is 12.2 Å². The highest BCUT2D eigenvalue weighted by Gasteiger charge is 2.27. The molecule has 1 saturated carbocycles. The fraction of sp³-hybridized carbons (Fsp3) is 0.500. The number of aromatic amines is 1. The first-order valence-electron chi connectivity index (χ1n) is 6.43. The second kappa shape index (κ2) is 4.52. The molecule has 0 saturated heterocycles. The Morgan fingerprint density at radius 3 is 2.94 bits per heavy atom. The Bertz CT molecular complexity index is 628. The van der Waals surface area contributed by atoms with Gasteiger partial charge in [0.25, 0.3) is 0 Å². The van der Waals surface area contributed by atoms with Gasteiger partial charge in [-0.3, -0.25) is 0 Å². The Morgan fingerprint density at radius 1 is 1.39 bits per heavy atom. The van der Waals surface area contributed by atoms with Crippen LogP contribution in [0.5, 0.6) is 0 Å². The van der Waals surface area contributed by atoms with Crippen molar-refractivity contribution in [1.29, 1.82) is 0 Å². The monoisotopic (exact) mass is 262 g/mol. The van der Waals surface area contributed by atoms with E-state index in [1.54, 1.807) is 7.11 Å². The van der Waals surface area contributed by atoms with Crippen LogP contribution in [-0.2, 0) is 4.74 Å². The Kier molecular flexibility index (Phi) is 2.99. The van der Waals surface area contributed by atoms with Crippen molar-refractivity contribution in [3.05, 3.63) is 28.5 Å². The van der Waals surface area contributed by atoms with Gasteiger partial charge in [-0.15, -0.1) is 0 Å². The first kappa shape index (κ1) is 11.9. The van der Waals surface area contributed by atoms with Gasteiger partial charge in [-0.25, -0.2) is 0 Å². The van der Waals surface area contributed by atoms with Gasteiger partial charge in [0, 0.05) is 13.2 Å².